The Kier molecular flexibility index (Phi) is 4.76. The molecule has 0 aromatic heterocycles. The van der Waals surface area contributed by atoms with Crippen molar-refractivity contribution in [2.45, 2.75) is 25.3 Å². The molecular formula is C11H12Cl2FNO3. The third-order valence-electron chi connectivity index (χ3n) is 2.26. The van der Waals surface area contributed by atoms with E-state index in [0.717, 1.165) is 0 Å². The summed E-state index contributed by atoms with van der Waals surface area (Å²) < 4.78 is 18.0. The zero-order valence-corrected chi connectivity index (χ0v) is 11.4. The fourth-order valence-corrected chi connectivity index (χ4v) is 2.08. The molecule has 0 fully saturated rings. The number of hydrogen-bond acceptors (Lipinski definition) is 4. The average Bonchev–Trinajstić information content (AvgIpc) is 2.26. The van der Waals surface area contributed by atoms with E-state index in [1.807, 2.05) is 0 Å². The molecule has 0 radical (unpaired) electrons. The second-order valence-corrected chi connectivity index (χ2v) is 4.67. The molecule has 0 aromatic rings. The van der Waals surface area contributed by atoms with Gasteiger partial charge in [-0.2, -0.15) is 0 Å². The van der Waals surface area contributed by atoms with Gasteiger partial charge in [-0.1, -0.05) is 23.2 Å². The van der Waals surface area contributed by atoms with Crippen LogP contribution in [0.25, 0.3) is 0 Å². The molecule has 0 saturated carbocycles. The fourth-order valence-electron chi connectivity index (χ4n) is 1.41. The zero-order valence-electron chi connectivity index (χ0n) is 9.85. The first kappa shape index (κ1) is 15.0. The number of esters is 1. The first-order valence-electron chi connectivity index (χ1n) is 5.21. The highest BCUT2D eigenvalue weighted by molar-refractivity contribution is 6.39. The van der Waals surface area contributed by atoms with Crippen LogP contribution in [0.15, 0.2) is 22.6 Å². The number of dihydropyridines is 1. The van der Waals surface area contributed by atoms with Crippen molar-refractivity contribution in [1.29, 1.82) is 0 Å². The third-order valence-corrected chi connectivity index (χ3v) is 2.94. The number of allylic oxidation sites excluding steroid dienone is 2. The summed E-state index contributed by atoms with van der Waals surface area (Å²) in [5.41, 5.74) is 0.131. The first-order valence-corrected chi connectivity index (χ1v) is 5.97. The van der Waals surface area contributed by atoms with E-state index in [2.05, 4.69) is 10.1 Å². The van der Waals surface area contributed by atoms with Crippen LogP contribution in [0.3, 0.4) is 0 Å². The number of alkyl halides is 1. The summed E-state index contributed by atoms with van der Waals surface area (Å²) >= 11 is 11.6. The molecule has 1 unspecified atom stereocenters. The minimum absolute atomic E-state index is 0.131. The van der Waals surface area contributed by atoms with Crippen LogP contribution < -0.4 is 5.32 Å². The summed E-state index contributed by atoms with van der Waals surface area (Å²) in [6.45, 7) is 3.21. The first-order chi connectivity index (χ1) is 8.30. The second kappa shape index (κ2) is 5.71. The SMILES string of the molecule is CCOC(=O)CC(=O)C1(Cl)C=C(C)C(F)=C(Cl)N1. The summed E-state index contributed by atoms with van der Waals surface area (Å²) in [6, 6.07) is 0. The van der Waals surface area contributed by atoms with Crippen molar-refractivity contribution in [2.75, 3.05) is 6.61 Å². The smallest absolute Gasteiger partial charge is 0.313 e. The van der Waals surface area contributed by atoms with Gasteiger partial charge in [0.05, 0.1) is 6.61 Å². The van der Waals surface area contributed by atoms with Gasteiger partial charge < -0.3 is 10.1 Å². The van der Waals surface area contributed by atoms with Crippen LogP contribution in [0.5, 0.6) is 0 Å². The predicted molar refractivity (Wildman–Crippen MR) is 65.7 cm³/mol. The maximum absolute atomic E-state index is 13.3. The van der Waals surface area contributed by atoms with Crippen molar-refractivity contribution in [2.24, 2.45) is 0 Å². The van der Waals surface area contributed by atoms with Crippen molar-refractivity contribution in [1.82, 2.24) is 5.32 Å². The standard InChI is InChI=1S/C11H12Cl2FNO3/c1-3-18-8(17)4-7(16)11(13)5-6(2)9(14)10(12)15-11/h5,15H,3-4H2,1-2H3. The van der Waals surface area contributed by atoms with Crippen LogP contribution in [0.4, 0.5) is 4.39 Å². The molecule has 0 bridgehead atoms. The van der Waals surface area contributed by atoms with Gasteiger partial charge in [-0.3, -0.25) is 9.59 Å². The Bertz CT molecular complexity index is 448. The van der Waals surface area contributed by atoms with Gasteiger partial charge in [0.25, 0.3) is 0 Å². The van der Waals surface area contributed by atoms with E-state index in [4.69, 9.17) is 23.2 Å². The van der Waals surface area contributed by atoms with Gasteiger partial charge in [0.15, 0.2) is 16.6 Å². The van der Waals surface area contributed by atoms with Crippen molar-refractivity contribution < 1.29 is 18.7 Å². The van der Waals surface area contributed by atoms with Gasteiger partial charge in [0.2, 0.25) is 0 Å². The molecule has 7 heteroatoms. The Morgan fingerprint density at radius 2 is 2.17 bits per heavy atom. The molecule has 0 spiro atoms. The van der Waals surface area contributed by atoms with Crippen LogP contribution in [0.1, 0.15) is 20.3 Å². The van der Waals surface area contributed by atoms with E-state index in [9.17, 15) is 14.0 Å². The van der Waals surface area contributed by atoms with Crippen molar-refractivity contribution in [3.8, 4) is 0 Å². The number of halogens is 3. The van der Waals surface area contributed by atoms with Gasteiger partial charge in [0, 0.05) is 0 Å². The van der Waals surface area contributed by atoms with Gasteiger partial charge in [-0.05, 0) is 25.5 Å². The van der Waals surface area contributed by atoms with Crippen LogP contribution in [0, 0.1) is 0 Å². The molecule has 1 N–H and O–H groups in total. The quantitative estimate of drug-likeness (QED) is 0.374. The number of Topliss-reactive ketones (excluding diaryl/α,β-unsaturated/α-hetero) is 1. The third kappa shape index (κ3) is 3.23. The Morgan fingerprint density at radius 1 is 1.56 bits per heavy atom. The lowest BCUT2D eigenvalue weighted by Gasteiger charge is -2.28. The lowest BCUT2D eigenvalue weighted by molar-refractivity contribution is -0.145. The van der Waals surface area contributed by atoms with E-state index in [1.165, 1.54) is 13.0 Å². The lowest BCUT2D eigenvalue weighted by Crippen LogP contribution is -2.47. The van der Waals surface area contributed by atoms with E-state index in [-0.39, 0.29) is 17.3 Å². The summed E-state index contributed by atoms with van der Waals surface area (Å²) in [5, 5.41) is 1.96. The van der Waals surface area contributed by atoms with Crippen LogP contribution in [0.2, 0.25) is 0 Å². The minimum Gasteiger partial charge on any atom is -0.466 e. The van der Waals surface area contributed by atoms with Crippen LogP contribution in [-0.2, 0) is 14.3 Å². The molecule has 0 amide bonds. The van der Waals surface area contributed by atoms with E-state index in [0.29, 0.717) is 0 Å². The Balaban J connectivity index is 2.84. The summed E-state index contributed by atoms with van der Waals surface area (Å²) in [5.74, 6) is -2.04. The summed E-state index contributed by atoms with van der Waals surface area (Å²) in [7, 11) is 0. The Hall–Kier alpha value is -1.07. The topological polar surface area (TPSA) is 55.4 Å². The Labute approximate surface area is 114 Å². The highest BCUT2D eigenvalue weighted by Crippen LogP contribution is 2.31. The maximum atomic E-state index is 13.3. The minimum atomic E-state index is -1.72. The van der Waals surface area contributed by atoms with Crippen molar-refractivity contribution >= 4 is 35.0 Å². The molecule has 1 aliphatic heterocycles. The molecule has 0 aromatic carbocycles. The summed E-state index contributed by atoms with van der Waals surface area (Å²) in [4.78, 5) is 21.3. The highest BCUT2D eigenvalue weighted by atomic mass is 35.5. The molecule has 0 saturated heterocycles. The molecule has 1 aliphatic rings. The number of rotatable bonds is 4. The van der Waals surface area contributed by atoms with Crippen LogP contribution in [-0.4, -0.2) is 23.4 Å². The molecular weight excluding hydrogens is 284 g/mol. The highest BCUT2D eigenvalue weighted by Gasteiger charge is 2.39. The largest absolute Gasteiger partial charge is 0.466 e. The number of ether oxygens (including phenoxy) is 1. The van der Waals surface area contributed by atoms with Crippen molar-refractivity contribution in [3.63, 3.8) is 0 Å². The van der Waals surface area contributed by atoms with Crippen LogP contribution >= 0.6 is 23.2 Å². The average molecular weight is 296 g/mol. The predicted octanol–water partition coefficient (Wildman–Crippen LogP) is 2.37. The van der Waals surface area contributed by atoms with E-state index < -0.39 is 29.0 Å². The fraction of sp³-hybridized carbons (Fsp3) is 0.455. The molecule has 1 heterocycles. The van der Waals surface area contributed by atoms with Gasteiger partial charge >= 0.3 is 5.97 Å². The number of hydrogen-bond donors (Lipinski definition) is 1. The zero-order chi connectivity index (χ0) is 13.9. The number of carbonyl (C=O) groups is 2. The maximum Gasteiger partial charge on any atom is 0.313 e. The van der Waals surface area contributed by atoms with Gasteiger partial charge in [-0.25, -0.2) is 4.39 Å². The number of carbonyl (C=O) groups excluding carboxylic acids is 2. The monoisotopic (exact) mass is 295 g/mol. The molecule has 1 rings (SSSR count). The molecule has 0 aliphatic carbocycles. The Morgan fingerprint density at radius 3 is 2.67 bits per heavy atom. The second-order valence-electron chi connectivity index (χ2n) is 3.70. The van der Waals surface area contributed by atoms with E-state index in [1.54, 1.807) is 6.92 Å². The molecule has 1 atom stereocenters. The molecule has 4 nitrogen and oxygen atoms in total. The molecule has 100 valence electrons. The number of ketones is 1. The van der Waals surface area contributed by atoms with Gasteiger partial charge in [0.1, 0.15) is 11.6 Å². The molecule has 18 heavy (non-hydrogen) atoms. The van der Waals surface area contributed by atoms with E-state index >= 15 is 0 Å². The summed E-state index contributed by atoms with van der Waals surface area (Å²) in [6.07, 6.45) is 0.664. The van der Waals surface area contributed by atoms with Crippen molar-refractivity contribution in [3.05, 3.63) is 22.6 Å². The van der Waals surface area contributed by atoms with Gasteiger partial charge in [-0.15, -0.1) is 0 Å². The lowest BCUT2D eigenvalue weighted by atomic mass is 10.0. The normalized spacial score (nSPS) is 23.3. The number of nitrogens with one attached hydrogen (secondary N) is 1.